The number of aliphatic hydroxyl groups excluding tert-OH is 1. The topological polar surface area (TPSA) is 96.4 Å². The van der Waals surface area contributed by atoms with Gasteiger partial charge in [0.25, 0.3) is 0 Å². The number of allylic oxidation sites excluding steroid dienone is 5. The van der Waals surface area contributed by atoms with Crippen molar-refractivity contribution >= 4 is 11.8 Å². The van der Waals surface area contributed by atoms with E-state index in [0.29, 0.717) is 24.0 Å². The number of carbonyl (C=O) groups excluding carboxylic acids is 2. The largest absolute Gasteiger partial charge is 0.456 e. The Morgan fingerprint density at radius 1 is 1.26 bits per heavy atom. The summed E-state index contributed by atoms with van der Waals surface area (Å²) < 4.78 is 11.7. The molecule has 1 aliphatic heterocycles. The first-order valence-electron chi connectivity index (χ1n) is 11.1. The fourth-order valence-corrected chi connectivity index (χ4v) is 5.07. The number of hydrogen-bond acceptors (Lipinski definition) is 6. The number of Topliss-reactive ketones (excluding diaryl/α,β-unsaturated/α-hetero) is 1. The molecule has 2 aliphatic carbocycles. The average Bonchev–Trinajstić information content (AvgIpc) is 3.49. The highest BCUT2D eigenvalue weighted by Gasteiger charge is 2.82. The van der Waals surface area contributed by atoms with Gasteiger partial charge in [0.1, 0.15) is 11.7 Å². The van der Waals surface area contributed by atoms with Crippen molar-refractivity contribution in [1.29, 1.82) is 0 Å². The summed E-state index contributed by atoms with van der Waals surface area (Å²) in [6, 6.07) is 0. The second-order valence-electron chi connectivity index (χ2n) is 9.28. The molecule has 1 saturated heterocycles. The van der Waals surface area contributed by atoms with Gasteiger partial charge in [0, 0.05) is 11.5 Å². The molecule has 0 radical (unpaired) electrons. The molecule has 2 N–H and O–H groups in total. The molecule has 170 valence electrons. The molecule has 3 rings (SSSR count). The number of ether oxygens (including phenoxy) is 2. The molecule has 2 saturated carbocycles. The predicted molar refractivity (Wildman–Crippen MR) is 117 cm³/mol. The summed E-state index contributed by atoms with van der Waals surface area (Å²) in [6.45, 7) is 7.26. The molecule has 0 amide bonds. The van der Waals surface area contributed by atoms with Gasteiger partial charge >= 0.3 is 5.97 Å². The second kappa shape index (κ2) is 8.85. The molecule has 0 aromatic heterocycles. The molecule has 3 aliphatic rings. The van der Waals surface area contributed by atoms with E-state index in [4.69, 9.17) is 9.47 Å². The summed E-state index contributed by atoms with van der Waals surface area (Å²) in [7, 11) is 0. The Labute approximate surface area is 184 Å². The third-order valence-corrected chi connectivity index (χ3v) is 7.30. The maximum atomic E-state index is 13.0. The van der Waals surface area contributed by atoms with Crippen molar-refractivity contribution < 1.29 is 29.3 Å². The summed E-state index contributed by atoms with van der Waals surface area (Å²) in [5, 5.41) is 20.8. The van der Waals surface area contributed by atoms with Crippen LogP contribution in [0.1, 0.15) is 59.8 Å². The van der Waals surface area contributed by atoms with Crippen molar-refractivity contribution in [2.45, 2.75) is 83.2 Å². The fourth-order valence-electron chi connectivity index (χ4n) is 5.07. The van der Waals surface area contributed by atoms with E-state index in [-0.39, 0.29) is 18.8 Å². The van der Waals surface area contributed by atoms with Crippen molar-refractivity contribution in [3.8, 4) is 0 Å². The van der Waals surface area contributed by atoms with Crippen LogP contribution >= 0.6 is 0 Å². The molecule has 5 atom stereocenters. The Kier molecular flexibility index (Phi) is 6.75. The highest BCUT2D eigenvalue weighted by molar-refractivity contribution is 6.04. The number of esters is 1. The van der Waals surface area contributed by atoms with E-state index >= 15 is 0 Å². The molecule has 3 fully saturated rings. The summed E-state index contributed by atoms with van der Waals surface area (Å²) in [4.78, 5) is 25.4. The zero-order chi connectivity index (χ0) is 22.9. The summed E-state index contributed by atoms with van der Waals surface area (Å²) in [6.07, 6.45) is 12.4. The van der Waals surface area contributed by atoms with Crippen molar-refractivity contribution in [2.75, 3.05) is 6.61 Å². The molecule has 0 aromatic carbocycles. The lowest BCUT2D eigenvalue weighted by Crippen LogP contribution is -2.66. The van der Waals surface area contributed by atoms with Gasteiger partial charge in [-0.15, -0.1) is 0 Å². The fraction of sp³-hybridized carbons (Fsp3) is 0.600. The molecule has 1 heterocycles. The van der Waals surface area contributed by atoms with Gasteiger partial charge in [-0.05, 0) is 50.7 Å². The molecular weight excluding hydrogens is 396 g/mol. The molecule has 0 bridgehead atoms. The number of rotatable bonds is 7. The lowest BCUT2D eigenvalue weighted by Gasteiger charge is -2.54. The molecule has 6 nitrogen and oxygen atoms in total. The minimum Gasteiger partial charge on any atom is -0.456 e. The van der Waals surface area contributed by atoms with Gasteiger partial charge in [-0.1, -0.05) is 50.6 Å². The van der Waals surface area contributed by atoms with Crippen LogP contribution in [-0.2, 0) is 19.1 Å². The SMILES string of the molecule is CCC/C=C/C=C/C=C/C(=O)O[C@@H]1CC[C@@](C)(O)[C@@]2(C)C/C(=C(/C)CO)C(=O)[C@H]3O[C@@]312. The van der Waals surface area contributed by atoms with E-state index in [9.17, 15) is 19.8 Å². The van der Waals surface area contributed by atoms with Crippen LogP contribution in [0.15, 0.2) is 47.6 Å². The minimum absolute atomic E-state index is 0.180. The van der Waals surface area contributed by atoms with Crippen LogP contribution in [0.2, 0.25) is 0 Å². The number of ketones is 1. The lowest BCUT2D eigenvalue weighted by molar-refractivity contribution is -0.191. The summed E-state index contributed by atoms with van der Waals surface area (Å²) >= 11 is 0. The maximum Gasteiger partial charge on any atom is 0.331 e. The molecular formula is C25H34O6. The number of epoxide rings is 1. The predicted octanol–water partition coefficient (Wildman–Crippen LogP) is 3.34. The van der Waals surface area contributed by atoms with Crippen LogP contribution < -0.4 is 0 Å². The lowest BCUT2D eigenvalue weighted by atomic mass is 9.51. The first kappa shape index (κ1) is 23.6. The number of hydrogen-bond donors (Lipinski definition) is 2. The Morgan fingerprint density at radius 3 is 2.65 bits per heavy atom. The highest BCUT2D eigenvalue weighted by atomic mass is 16.7. The molecule has 31 heavy (non-hydrogen) atoms. The second-order valence-corrected chi connectivity index (χ2v) is 9.28. The number of unbranched alkanes of at least 4 members (excludes halogenated alkanes) is 1. The van der Waals surface area contributed by atoms with Gasteiger partial charge in [0.2, 0.25) is 0 Å². The normalized spacial score (nSPS) is 39.1. The van der Waals surface area contributed by atoms with E-state index < -0.39 is 34.8 Å². The van der Waals surface area contributed by atoms with Crippen LogP contribution in [0.25, 0.3) is 0 Å². The van der Waals surface area contributed by atoms with Gasteiger partial charge < -0.3 is 19.7 Å². The third-order valence-electron chi connectivity index (χ3n) is 7.30. The first-order valence-corrected chi connectivity index (χ1v) is 11.1. The van der Waals surface area contributed by atoms with Crippen molar-refractivity contribution in [1.82, 2.24) is 0 Å². The van der Waals surface area contributed by atoms with E-state index in [1.165, 1.54) is 6.08 Å². The van der Waals surface area contributed by atoms with Crippen molar-refractivity contribution in [2.24, 2.45) is 5.41 Å². The smallest absolute Gasteiger partial charge is 0.331 e. The molecule has 6 heteroatoms. The molecule has 1 spiro atoms. The first-order chi connectivity index (χ1) is 14.6. The Balaban J connectivity index is 1.78. The van der Waals surface area contributed by atoms with Gasteiger partial charge in [-0.25, -0.2) is 4.79 Å². The minimum atomic E-state index is -1.10. The number of aliphatic hydroxyl groups is 2. The Bertz CT molecular complexity index is 848. The van der Waals surface area contributed by atoms with Gasteiger partial charge in [-0.3, -0.25) is 4.79 Å². The zero-order valence-corrected chi connectivity index (χ0v) is 18.9. The standard InChI is InChI=1S/C25H34O6/c1-5-6-7-8-9-10-11-12-20(27)30-19-13-14-24(4,29)23(3)15-18(17(2)16-26)21(28)22-25(19,23)31-22/h7-12,19,22,26,29H,5-6,13-16H2,1-4H3/b8-7+,10-9+,12-11+,18-17+/t19-,22-,23-,24-,25-/m1/s1. The van der Waals surface area contributed by atoms with Crippen molar-refractivity contribution in [3.05, 3.63) is 47.6 Å². The van der Waals surface area contributed by atoms with E-state index in [0.717, 1.165) is 12.8 Å². The molecule has 0 aromatic rings. The van der Waals surface area contributed by atoms with Crippen LogP contribution in [0.4, 0.5) is 0 Å². The van der Waals surface area contributed by atoms with Crippen molar-refractivity contribution in [3.63, 3.8) is 0 Å². The van der Waals surface area contributed by atoms with Gasteiger partial charge in [-0.2, -0.15) is 0 Å². The van der Waals surface area contributed by atoms with Crippen LogP contribution in [0.5, 0.6) is 0 Å². The van der Waals surface area contributed by atoms with Crippen LogP contribution in [0, 0.1) is 5.41 Å². The van der Waals surface area contributed by atoms with Gasteiger partial charge in [0.15, 0.2) is 11.9 Å². The average molecular weight is 431 g/mol. The summed E-state index contributed by atoms with van der Waals surface area (Å²) in [5.41, 5.74) is -1.85. The van der Waals surface area contributed by atoms with Gasteiger partial charge in [0.05, 0.1) is 12.2 Å². The highest BCUT2D eigenvalue weighted by Crippen LogP contribution is 2.68. The van der Waals surface area contributed by atoms with E-state index in [1.54, 1.807) is 26.0 Å². The number of carbonyl (C=O) groups is 2. The van der Waals surface area contributed by atoms with Crippen LogP contribution in [-0.4, -0.2) is 52.0 Å². The van der Waals surface area contributed by atoms with Crippen LogP contribution in [0.3, 0.4) is 0 Å². The summed E-state index contributed by atoms with van der Waals surface area (Å²) in [5.74, 6) is -0.680. The monoisotopic (exact) mass is 430 g/mol. The van der Waals surface area contributed by atoms with E-state index in [2.05, 4.69) is 13.0 Å². The zero-order valence-electron chi connectivity index (χ0n) is 18.9. The van der Waals surface area contributed by atoms with E-state index in [1.807, 2.05) is 19.1 Å². The quantitative estimate of drug-likeness (QED) is 0.278. The maximum absolute atomic E-state index is 13.0. The Morgan fingerprint density at radius 2 is 1.97 bits per heavy atom. The molecule has 0 unspecified atom stereocenters. The third kappa shape index (κ3) is 3.97. The Hall–Kier alpha value is -2.02.